The van der Waals surface area contributed by atoms with Gasteiger partial charge >= 0.3 is 0 Å². The van der Waals surface area contributed by atoms with Crippen LogP contribution in [-0.2, 0) is 14.8 Å². The lowest BCUT2D eigenvalue weighted by Crippen LogP contribution is -2.55. The molecule has 2 saturated heterocycles. The van der Waals surface area contributed by atoms with E-state index in [0.717, 1.165) is 6.07 Å². The van der Waals surface area contributed by atoms with Gasteiger partial charge in [-0.1, -0.05) is 0 Å². The molecule has 156 valence electrons. The van der Waals surface area contributed by atoms with Gasteiger partial charge in [-0.3, -0.25) is 4.79 Å². The molecule has 1 aromatic heterocycles. The summed E-state index contributed by atoms with van der Waals surface area (Å²) in [6.45, 7) is 2.70. The second-order valence-corrected chi connectivity index (χ2v) is 9.82. The molecule has 0 saturated carbocycles. The first-order valence-electron chi connectivity index (χ1n) is 9.20. The average molecular weight is 487 g/mol. The quantitative estimate of drug-likeness (QED) is 0.665. The SMILES string of the molecule is Cc1cc(S(=O)(=O)N2CCOC23CCN(C(=O)c2ccc(Br)o2)CC3)ccc1F. The molecule has 2 aliphatic heterocycles. The number of carbonyl (C=O) groups excluding carboxylic acids is 1. The predicted molar refractivity (Wildman–Crippen MR) is 105 cm³/mol. The normalized spacial score (nSPS) is 19.8. The Bertz CT molecular complexity index is 1050. The molecule has 2 fully saturated rings. The number of carbonyl (C=O) groups is 1. The zero-order valence-corrected chi connectivity index (χ0v) is 18.1. The van der Waals surface area contributed by atoms with Gasteiger partial charge in [0.05, 0.1) is 11.5 Å². The number of likely N-dealkylation sites (tertiary alicyclic amines) is 1. The van der Waals surface area contributed by atoms with Gasteiger partial charge < -0.3 is 14.1 Å². The number of benzene rings is 1. The van der Waals surface area contributed by atoms with Gasteiger partial charge in [0.1, 0.15) is 11.5 Å². The number of ether oxygens (including phenoxy) is 1. The summed E-state index contributed by atoms with van der Waals surface area (Å²) in [4.78, 5) is 14.3. The number of hydrogen-bond acceptors (Lipinski definition) is 5. The summed E-state index contributed by atoms with van der Waals surface area (Å²) < 4.78 is 53.1. The summed E-state index contributed by atoms with van der Waals surface area (Å²) in [5.41, 5.74) is -0.730. The second-order valence-electron chi connectivity index (χ2n) is 7.18. The highest BCUT2D eigenvalue weighted by Crippen LogP contribution is 2.38. The van der Waals surface area contributed by atoms with Crippen molar-refractivity contribution in [2.24, 2.45) is 0 Å². The molecular weight excluding hydrogens is 467 g/mol. The Morgan fingerprint density at radius 1 is 1.17 bits per heavy atom. The van der Waals surface area contributed by atoms with Crippen LogP contribution in [0.1, 0.15) is 29.0 Å². The monoisotopic (exact) mass is 486 g/mol. The van der Waals surface area contributed by atoms with Crippen molar-refractivity contribution >= 4 is 31.9 Å². The summed E-state index contributed by atoms with van der Waals surface area (Å²) >= 11 is 3.18. The van der Waals surface area contributed by atoms with E-state index in [1.54, 1.807) is 17.0 Å². The molecule has 2 aliphatic rings. The molecule has 2 aromatic rings. The van der Waals surface area contributed by atoms with E-state index >= 15 is 0 Å². The van der Waals surface area contributed by atoms with Gasteiger partial charge in [0.2, 0.25) is 10.0 Å². The topological polar surface area (TPSA) is 80.1 Å². The summed E-state index contributed by atoms with van der Waals surface area (Å²) in [6.07, 6.45) is 0.694. The van der Waals surface area contributed by atoms with E-state index in [4.69, 9.17) is 9.15 Å². The maximum absolute atomic E-state index is 13.6. The lowest BCUT2D eigenvalue weighted by Gasteiger charge is -2.42. The van der Waals surface area contributed by atoms with Crippen LogP contribution in [0.2, 0.25) is 0 Å². The zero-order valence-electron chi connectivity index (χ0n) is 15.7. The van der Waals surface area contributed by atoms with Crippen molar-refractivity contribution in [1.82, 2.24) is 9.21 Å². The maximum atomic E-state index is 13.6. The molecule has 0 radical (unpaired) electrons. The van der Waals surface area contributed by atoms with Crippen LogP contribution in [-0.4, -0.2) is 55.5 Å². The Morgan fingerprint density at radius 3 is 2.52 bits per heavy atom. The van der Waals surface area contributed by atoms with Crippen LogP contribution in [0.15, 0.2) is 44.3 Å². The minimum Gasteiger partial charge on any atom is -0.444 e. The molecule has 1 spiro atoms. The number of piperidine rings is 1. The number of rotatable bonds is 3. The molecule has 7 nitrogen and oxygen atoms in total. The smallest absolute Gasteiger partial charge is 0.289 e. The van der Waals surface area contributed by atoms with E-state index in [0.29, 0.717) is 30.6 Å². The lowest BCUT2D eigenvalue weighted by molar-refractivity contribution is -0.0859. The van der Waals surface area contributed by atoms with Crippen molar-refractivity contribution in [3.63, 3.8) is 0 Å². The molecular formula is C19H20BrFN2O5S. The van der Waals surface area contributed by atoms with E-state index in [-0.39, 0.29) is 35.3 Å². The average Bonchev–Trinajstić information content (AvgIpc) is 3.31. The molecule has 1 aromatic carbocycles. The highest BCUT2D eigenvalue weighted by Gasteiger charge is 2.51. The summed E-state index contributed by atoms with van der Waals surface area (Å²) in [7, 11) is -3.86. The van der Waals surface area contributed by atoms with Crippen LogP contribution < -0.4 is 0 Å². The number of nitrogens with zero attached hydrogens (tertiary/aromatic N) is 2. The van der Waals surface area contributed by atoms with Gasteiger partial charge in [-0.25, -0.2) is 12.8 Å². The van der Waals surface area contributed by atoms with Crippen molar-refractivity contribution < 1.29 is 26.8 Å². The molecule has 0 bridgehead atoms. The van der Waals surface area contributed by atoms with Crippen LogP contribution in [0, 0.1) is 12.7 Å². The molecule has 0 aliphatic carbocycles. The van der Waals surface area contributed by atoms with Crippen molar-refractivity contribution in [2.75, 3.05) is 26.2 Å². The first kappa shape index (κ1) is 20.5. The van der Waals surface area contributed by atoms with E-state index in [1.165, 1.54) is 23.4 Å². The van der Waals surface area contributed by atoms with Gasteiger partial charge in [0.25, 0.3) is 5.91 Å². The Labute approximate surface area is 176 Å². The molecule has 0 unspecified atom stereocenters. The van der Waals surface area contributed by atoms with E-state index in [9.17, 15) is 17.6 Å². The minimum atomic E-state index is -3.86. The lowest BCUT2D eigenvalue weighted by atomic mass is 10.0. The van der Waals surface area contributed by atoms with Crippen molar-refractivity contribution in [2.45, 2.75) is 30.4 Å². The third-order valence-corrected chi connectivity index (χ3v) is 7.82. The van der Waals surface area contributed by atoms with E-state index in [1.807, 2.05) is 0 Å². The number of halogens is 2. The largest absolute Gasteiger partial charge is 0.444 e. The van der Waals surface area contributed by atoms with Crippen molar-refractivity contribution in [3.8, 4) is 0 Å². The van der Waals surface area contributed by atoms with Crippen LogP contribution in [0.25, 0.3) is 0 Å². The Morgan fingerprint density at radius 2 is 1.90 bits per heavy atom. The summed E-state index contributed by atoms with van der Waals surface area (Å²) in [6, 6.07) is 7.02. The molecule has 1 amide bonds. The summed E-state index contributed by atoms with van der Waals surface area (Å²) in [5, 5.41) is 0. The second kappa shape index (κ2) is 7.50. The molecule has 0 N–H and O–H groups in total. The number of aryl methyl sites for hydroxylation is 1. The van der Waals surface area contributed by atoms with Gasteiger partial charge in [0, 0.05) is 32.5 Å². The number of sulfonamides is 1. The molecule has 4 rings (SSSR count). The zero-order chi connectivity index (χ0) is 20.8. The fraction of sp³-hybridized carbons (Fsp3) is 0.421. The highest BCUT2D eigenvalue weighted by molar-refractivity contribution is 9.10. The van der Waals surface area contributed by atoms with Crippen LogP contribution in [0.4, 0.5) is 4.39 Å². The number of furan rings is 1. The van der Waals surface area contributed by atoms with Crippen LogP contribution in [0.5, 0.6) is 0 Å². The van der Waals surface area contributed by atoms with E-state index in [2.05, 4.69) is 15.9 Å². The van der Waals surface area contributed by atoms with Crippen molar-refractivity contribution in [3.05, 3.63) is 52.1 Å². The Balaban J connectivity index is 1.54. The van der Waals surface area contributed by atoms with Gasteiger partial charge in [-0.15, -0.1) is 0 Å². The Hall–Kier alpha value is -1.75. The highest BCUT2D eigenvalue weighted by atomic mass is 79.9. The first-order valence-corrected chi connectivity index (χ1v) is 11.4. The molecule has 3 heterocycles. The third-order valence-electron chi connectivity index (χ3n) is 5.45. The van der Waals surface area contributed by atoms with Crippen LogP contribution in [0.3, 0.4) is 0 Å². The van der Waals surface area contributed by atoms with E-state index < -0.39 is 21.6 Å². The van der Waals surface area contributed by atoms with Gasteiger partial charge in [0.15, 0.2) is 10.4 Å². The third kappa shape index (κ3) is 3.63. The standard InChI is InChI=1S/C19H20BrFN2O5S/c1-13-12-14(2-3-15(13)21)29(25,26)23-10-11-27-19(23)6-8-22(9-7-19)18(24)16-4-5-17(20)28-16/h2-5,12H,6-11H2,1H3. The maximum Gasteiger partial charge on any atom is 0.289 e. The number of hydrogen-bond donors (Lipinski definition) is 0. The summed E-state index contributed by atoms with van der Waals surface area (Å²) in [5.74, 6) is -0.466. The first-order chi connectivity index (χ1) is 13.7. The predicted octanol–water partition coefficient (Wildman–Crippen LogP) is 3.14. The molecule has 0 atom stereocenters. The Kier molecular flexibility index (Phi) is 5.30. The number of amides is 1. The molecule has 10 heteroatoms. The van der Waals surface area contributed by atoms with Gasteiger partial charge in [-0.05, 0) is 58.7 Å². The molecule has 29 heavy (non-hydrogen) atoms. The fourth-order valence-electron chi connectivity index (χ4n) is 3.88. The minimum absolute atomic E-state index is 0.0419. The van der Waals surface area contributed by atoms with Crippen LogP contribution >= 0.6 is 15.9 Å². The van der Waals surface area contributed by atoms with Gasteiger partial charge in [-0.2, -0.15) is 4.31 Å². The van der Waals surface area contributed by atoms with Crippen molar-refractivity contribution in [1.29, 1.82) is 0 Å². The fourth-order valence-corrected chi connectivity index (χ4v) is 5.99.